The molecule has 0 fully saturated rings. The van der Waals surface area contributed by atoms with Gasteiger partial charge in [-0.15, -0.1) is 0 Å². The van der Waals surface area contributed by atoms with Gasteiger partial charge in [0.25, 0.3) is 0 Å². The molecule has 1 heterocycles. The van der Waals surface area contributed by atoms with Crippen LogP contribution in [0.1, 0.15) is 44.7 Å². The summed E-state index contributed by atoms with van der Waals surface area (Å²) in [6, 6.07) is 3.84. The van der Waals surface area contributed by atoms with Crippen molar-refractivity contribution >= 4 is 0 Å². The fraction of sp³-hybridized carbons (Fsp3) is 0.615. The lowest BCUT2D eigenvalue weighted by atomic mass is 10.2. The summed E-state index contributed by atoms with van der Waals surface area (Å²) >= 11 is 0. The van der Waals surface area contributed by atoms with Crippen molar-refractivity contribution in [1.82, 2.24) is 4.98 Å². The average molecular weight is 222 g/mol. The molecule has 1 aromatic rings. The van der Waals surface area contributed by atoms with Crippen LogP contribution in [0.5, 0.6) is 5.75 Å². The van der Waals surface area contributed by atoms with E-state index in [9.17, 15) is 0 Å². The molecule has 0 saturated heterocycles. The Morgan fingerprint density at radius 1 is 1.19 bits per heavy atom. The topological polar surface area (TPSA) is 48.1 Å². The van der Waals surface area contributed by atoms with Gasteiger partial charge in [0.15, 0.2) is 0 Å². The summed E-state index contributed by atoms with van der Waals surface area (Å²) in [7, 11) is 0. The summed E-state index contributed by atoms with van der Waals surface area (Å²) in [5.74, 6) is 0.840. The number of nitrogens with two attached hydrogens (primary N) is 1. The maximum absolute atomic E-state index is 5.58. The van der Waals surface area contributed by atoms with Crippen LogP contribution in [-0.4, -0.2) is 11.6 Å². The smallest absolute Gasteiger partial charge is 0.137 e. The molecule has 3 nitrogen and oxygen atoms in total. The van der Waals surface area contributed by atoms with Crippen molar-refractivity contribution in [1.29, 1.82) is 0 Å². The highest BCUT2D eigenvalue weighted by atomic mass is 16.5. The summed E-state index contributed by atoms with van der Waals surface area (Å²) in [6.07, 6.45) is 8.04. The van der Waals surface area contributed by atoms with Gasteiger partial charge >= 0.3 is 0 Å². The second-order valence-corrected chi connectivity index (χ2v) is 3.95. The second-order valence-electron chi connectivity index (χ2n) is 3.95. The van der Waals surface area contributed by atoms with Crippen LogP contribution in [0.2, 0.25) is 0 Å². The fourth-order valence-electron chi connectivity index (χ4n) is 1.51. The first-order chi connectivity index (χ1) is 7.86. The van der Waals surface area contributed by atoms with E-state index in [1.54, 1.807) is 6.20 Å². The highest BCUT2D eigenvalue weighted by Crippen LogP contribution is 2.10. The molecule has 1 aromatic heterocycles. The van der Waals surface area contributed by atoms with Gasteiger partial charge in [-0.3, -0.25) is 4.98 Å². The molecular formula is C13H22N2O. The van der Waals surface area contributed by atoms with Crippen molar-refractivity contribution in [3.05, 3.63) is 24.0 Å². The van der Waals surface area contributed by atoms with Gasteiger partial charge in [-0.1, -0.05) is 32.6 Å². The van der Waals surface area contributed by atoms with E-state index in [0.717, 1.165) is 24.5 Å². The van der Waals surface area contributed by atoms with Crippen molar-refractivity contribution in [2.75, 3.05) is 6.61 Å². The molecule has 0 radical (unpaired) electrons. The second kappa shape index (κ2) is 8.11. The normalized spacial score (nSPS) is 10.4. The minimum Gasteiger partial charge on any atom is -0.492 e. The van der Waals surface area contributed by atoms with E-state index in [1.165, 1.54) is 25.7 Å². The first-order valence-corrected chi connectivity index (χ1v) is 6.14. The average Bonchev–Trinajstić information content (AvgIpc) is 2.34. The van der Waals surface area contributed by atoms with E-state index in [2.05, 4.69) is 11.9 Å². The maximum atomic E-state index is 5.58. The van der Waals surface area contributed by atoms with Crippen molar-refractivity contribution in [3.8, 4) is 5.75 Å². The van der Waals surface area contributed by atoms with Gasteiger partial charge in [0.2, 0.25) is 0 Å². The van der Waals surface area contributed by atoms with E-state index in [1.807, 2.05) is 12.1 Å². The molecule has 0 unspecified atom stereocenters. The van der Waals surface area contributed by atoms with Crippen LogP contribution in [0.15, 0.2) is 18.3 Å². The number of rotatable bonds is 8. The number of hydrogen-bond acceptors (Lipinski definition) is 3. The summed E-state index contributed by atoms with van der Waals surface area (Å²) in [5, 5.41) is 0. The zero-order valence-electron chi connectivity index (χ0n) is 10.1. The monoisotopic (exact) mass is 222 g/mol. The van der Waals surface area contributed by atoms with Crippen molar-refractivity contribution < 1.29 is 4.74 Å². The van der Waals surface area contributed by atoms with Gasteiger partial charge < -0.3 is 10.5 Å². The van der Waals surface area contributed by atoms with E-state index in [-0.39, 0.29) is 0 Å². The lowest BCUT2D eigenvalue weighted by molar-refractivity contribution is 0.303. The third-order valence-electron chi connectivity index (χ3n) is 2.52. The van der Waals surface area contributed by atoms with Gasteiger partial charge in [0.05, 0.1) is 18.5 Å². The Hall–Kier alpha value is -1.09. The molecule has 16 heavy (non-hydrogen) atoms. The van der Waals surface area contributed by atoms with E-state index in [0.29, 0.717) is 6.54 Å². The number of nitrogens with zero attached hydrogens (tertiary/aromatic N) is 1. The molecule has 90 valence electrons. The Labute approximate surface area is 98.0 Å². The lowest BCUT2D eigenvalue weighted by Gasteiger charge is -2.05. The standard InChI is InChI=1S/C13H22N2O/c1-2-3-4-5-6-9-16-13-8-7-12(10-14)15-11-13/h7-8,11H,2-6,9-10,14H2,1H3. The Morgan fingerprint density at radius 2 is 2.00 bits per heavy atom. The molecular weight excluding hydrogens is 200 g/mol. The summed E-state index contributed by atoms with van der Waals surface area (Å²) in [4.78, 5) is 4.18. The largest absolute Gasteiger partial charge is 0.492 e. The predicted molar refractivity (Wildman–Crippen MR) is 66.4 cm³/mol. The first-order valence-electron chi connectivity index (χ1n) is 6.14. The van der Waals surface area contributed by atoms with Crippen molar-refractivity contribution in [3.63, 3.8) is 0 Å². The number of unbranched alkanes of at least 4 members (excludes halogenated alkanes) is 4. The Bertz CT molecular complexity index is 272. The molecule has 0 spiro atoms. The first kappa shape index (κ1) is 13.0. The Balaban J connectivity index is 2.12. The summed E-state index contributed by atoms with van der Waals surface area (Å²) in [5.41, 5.74) is 6.36. The molecule has 0 aliphatic rings. The predicted octanol–water partition coefficient (Wildman–Crippen LogP) is 2.89. The molecule has 2 N–H and O–H groups in total. The molecule has 0 aromatic carbocycles. The minimum atomic E-state index is 0.483. The van der Waals surface area contributed by atoms with Gasteiger partial charge in [-0.05, 0) is 18.6 Å². The number of hydrogen-bond donors (Lipinski definition) is 1. The maximum Gasteiger partial charge on any atom is 0.137 e. The SMILES string of the molecule is CCCCCCCOc1ccc(CN)nc1. The van der Waals surface area contributed by atoms with E-state index in [4.69, 9.17) is 10.5 Å². The third kappa shape index (κ3) is 5.12. The van der Waals surface area contributed by atoms with Crippen LogP contribution in [0.25, 0.3) is 0 Å². The van der Waals surface area contributed by atoms with Gasteiger partial charge in [0.1, 0.15) is 5.75 Å². The fourth-order valence-corrected chi connectivity index (χ4v) is 1.51. The minimum absolute atomic E-state index is 0.483. The molecule has 0 aliphatic carbocycles. The highest BCUT2D eigenvalue weighted by Gasteiger charge is 1.95. The Morgan fingerprint density at radius 3 is 2.62 bits per heavy atom. The molecule has 0 saturated carbocycles. The van der Waals surface area contributed by atoms with Crippen LogP contribution in [0.4, 0.5) is 0 Å². The third-order valence-corrected chi connectivity index (χ3v) is 2.52. The molecule has 0 amide bonds. The number of pyridine rings is 1. The van der Waals surface area contributed by atoms with Crippen molar-refractivity contribution in [2.45, 2.75) is 45.6 Å². The van der Waals surface area contributed by atoms with Crippen LogP contribution < -0.4 is 10.5 Å². The highest BCUT2D eigenvalue weighted by molar-refractivity contribution is 5.19. The van der Waals surface area contributed by atoms with Crippen LogP contribution in [-0.2, 0) is 6.54 Å². The zero-order valence-corrected chi connectivity index (χ0v) is 10.1. The number of aromatic nitrogens is 1. The van der Waals surface area contributed by atoms with Gasteiger partial charge in [0, 0.05) is 6.54 Å². The quantitative estimate of drug-likeness (QED) is 0.688. The molecule has 0 aliphatic heterocycles. The summed E-state index contributed by atoms with van der Waals surface area (Å²) < 4.78 is 5.58. The van der Waals surface area contributed by atoms with Crippen LogP contribution >= 0.6 is 0 Å². The lowest BCUT2D eigenvalue weighted by Crippen LogP contribution is -2.01. The van der Waals surface area contributed by atoms with Crippen LogP contribution in [0.3, 0.4) is 0 Å². The molecule has 0 bridgehead atoms. The number of ether oxygens (including phenoxy) is 1. The molecule has 1 rings (SSSR count). The van der Waals surface area contributed by atoms with Gasteiger partial charge in [-0.2, -0.15) is 0 Å². The van der Waals surface area contributed by atoms with E-state index >= 15 is 0 Å². The Kier molecular flexibility index (Phi) is 6.58. The molecule has 3 heteroatoms. The van der Waals surface area contributed by atoms with E-state index < -0.39 is 0 Å². The molecule has 0 atom stereocenters. The van der Waals surface area contributed by atoms with Crippen molar-refractivity contribution in [2.24, 2.45) is 5.73 Å². The summed E-state index contributed by atoms with van der Waals surface area (Å²) in [6.45, 7) is 3.49. The van der Waals surface area contributed by atoms with Crippen LogP contribution in [0, 0.1) is 0 Å². The van der Waals surface area contributed by atoms with Gasteiger partial charge in [-0.25, -0.2) is 0 Å². The zero-order chi connectivity index (χ0) is 11.6.